The highest BCUT2D eigenvalue weighted by molar-refractivity contribution is 7.11. The largest absolute Gasteiger partial charge is 0.459 e. The van der Waals surface area contributed by atoms with Gasteiger partial charge in [0.25, 0.3) is 5.91 Å². The Morgan fingerprint density at radius 2 is 2.03 bits per heavy atom. The second kappa shape index (κ2) is 10.4. The number of aryl methyl sites for hydroxylation is 1. The number of nitrogens with zero attached hydrogens (tertiary/aromatic N) is 2. The van der Waals surface area contributed by atoms with Gasteiger partial charge in [-0.25, -0.2) is 4.98 Å². The zero-order valence-electron chi connectivity index (χ0n) is 16.6. The summed E-state index contributed by atoms with van der Waals surface area (Å²) in [6.07, 6.45) is 5.33. The van der Waals surface area contributed by atoms with Gasteiger partial charge in [0.15, 0.2) is 11.7 Å². The maximum absolute atomic E-state index is 12.0. The molecule has 7 nitrogen and oxygen atoms in total. The van der Waals surface area contributed by atoms with E-state index in [9.17, 15) is 4.79 Å². The van der Waals surface area contributed by atoms with Gasteiger partial charge in [0.2, 0.25) is 0 Å². The van der Waals surface area contributed by atoms with Crippen molar-refractivity contribution in [3.8, 4) is 0 Å². The van der Waals surface area contributed by atoms with Gasteiger partial charge < -0.3 is 20.4 Å². The number of hydrogen-bond donors (Lipinski definition) is 3. The summed E-state index contributed by atoms with van der Waals surface area (Å²) in [5.74, 6) is 0.763. The lowest BCUT2D eigenvalue weighted by atomic mass is 10.2. The van der Waals surface area contributed by atoms with Gasteiger partial charge in [0, 0.05) is 43.3 Å². The molecule has 0 saturated heterocycles. The van der Waals surface area contributed by atoms with E-state index in [2.05, 4.69) is 32.9 Å². The molecule has 0 atom stereocenters. The van der Waals surface area contributed by atoms with E-state index < -0.39 is 0 Å². The van der Waals surface area contributed by atoms with Gasteiger partial charge in [-0.05, 0) is 36.2 Å². The minimum atomic E-state index is -0.267. The van der Waals surface area contributed by atoms with Gasteiger partial charge in [-0.1, -0.05) is 19.1 Å². The van der Waals surface area contributed by atoms with E-state index in [1.165, 1.54) is 11.1 Å². The summed E-state index contributed by atoms with van der Waals surface area (Å²) in [7, 11) is 1.75. The molecule has 0 bridgehead atoms. The third kappa shape index (κ3) is 6.18. The van der Waals surface area contributed by atoms with Crippen LogP contribution in [0.5, 0.6) is 0 Å². The predicted molar refractivity (Wildman–Crippen MR) is 117 cm³/mol. The van der Waals surface area contributed by atoms with Gasteiger partial charge in [-0.3, -0.25) is 9.79 Å². The molecule has 2 heterocycles. The first-order valence-corrected chi connectivity index (χ1v) is 10.3. The molecule has 3 N–H and O–H groups in total. The van der Waals surface area contributed by atoms with Crippen molar-refractivity contribution in [3.63, 3.8) is 0 Å². The molecule has 1 amide bonds. The molecule has 1 aromatic carbocycles. The van der Waals surface area contributed by atoms with E-state index >= 15 is 0 Å². The number of anilines is 1. The second-order valence-electron chi connectivity index (χ2n) is 6.30. The summed E-state index contributed by atoms with van der Waals surface area (Å²) in [6, 6.07) is 11.0. The number of guanidine groups is 1. The first kappa shape index (κ1) is 20.6. The lowest BCUT2D eigenvalue weighted by Crippen LogP contribution is -2.37. The highest BCUT2D eigenvalue weighted by Crippen LogP contribution is 2.13. The summed E-state index contributed by atoms with van der Waals surface area (Å²) in [5, 5.41) is 10.5. The van der Waals surface area contributed by atoms with Crippen LogP contribution in [-0.2, 0) is 19.4 Å². The van der Waals surface area contributed by atoms with E-state index in [1.54, 1.807) is 30.5 Å². The van der Waals surface area contributed by atoms with Crippen LogP contribution in [0, 0.1) is 0 Å². The van der Waals surface area contributed by atoms with Crippen molar-refractivity contribution < 1.29 is 9.21 Å². The molecule has 29 heavy (non-hydrogen) atoms. The molecule has 2 aromatic heterocycles. The van der Waals surface area contributed by atoms with Gasteiger partial charge in [0.05, 0.1) is 11.3 Å². The Hall–Kier alpha value is -3.13. The van der Waals surface area contributed by atoms with Crippen LogP contribution in [0.3, 0.4) is 0 Å². The molecule has 0 radical (unpaired) electrons. The van der Waals surface area contributed by atoms with Crippen molar-refractivity contribution in [3.05, 3.63) is 70.1 Å². The Balaban J connectivity index is 1.42. The molecule has 0 unspecified atom stereocenters. The third-order valence-corrected chi connectivity index (χ3v) is 5.42. The number of hydrogen-bond acceptors (Lipinski definition) is 5. The summed E-state index contributed by atoms with van der Waals surface area (Å²) in [6.45, 7) is 3.54. The minimum absolute atomic E-state index is 0.267. The Bertz CT molecular complexity index is 932. The number of benzene rings is 1. The number of carbonyl (C=O) groups excluding carboxylic acids is 1. The number of carbonyl (C=O) groups is 1. The standard InChI is InChI=1S/C21H25N5O2S/c1-3-17-14-24-19(29-17)10-11-23-21(22-2)25-13-15-6-8-16(9-7-15)26-20(27)18-5-4-12-28-18/h4-9,12,14H,3,10-11,13H2,1-2H3,(H,26,27)(H2,22,23,25). The zero-order chi connectivity index (χ0) is 20.5. The quantitative estimate of drug-likeness (QED) is 0.390. The fourth-order valence-corrected chi connectivity index (χ4v) is 3.49. The normalized spacial score (nSPS) is 11.3. The fraction of sp³-hybridized carbons (Fsp3) is 0.286. The number of nitrogens with one attached hydrogen (secondary N) is 3. The molecule has 0 fully saturated rings. The van der Waals surface area contributed by atoms with Crippen LogP contribution in [-0.4, -0.2) is 30.4 Å². The lowest BCUT2D eigenvalue weighted by Gasteiger charge is -2.12. The SMILES string of the molecule is CCc1cnc(CCNC(=NC)NCc2ccc(NC(=O)c3ccco3)cc2)s1. The zero-order valence-corrected chi connectivity index (χ0v) is 17.4. The highest BCUT2D eigenvalue weighted by atomic mass is 32.1. The average molecular weight is 412 g/mol. The van der Waals surface area contributed by atoms with Crippen molar-refractivity contribution in [2.24, 2.45) is 4.99 Å². The molecular weight excluding hydrogens is 386 g/mol. The number of aliphatic imine (C=N–C) groups is 1. The molecule has 0 saturated carbocycles. The average Bonchev–Trinajstić information content (AvgIpc) is 3.43. The minimum Gasteiger partial charge on any atom is -0.459 e. The Labute approximate surface area is 174 Å². The van der Waals surface area contributed by atoms with E-state index in [0.717, 1.165) is 35.9 Å². The van der Waals surface area contributed by atoms with Gasteiger partial charge in [0.1, 0.15) is 0 Å². The Morgan fingerprint density at radius 3 is 2.69 bits per heavy atom. The molecule has 3 rings (SSSR count). The van der Waals surface area contributed by atoms with Crippen LogP contribution < -0.4 is 16.0 Å². The fourth-order valence-electron chi connectivity index (χ4n) is 2.63. The number of furan rings is 1. The lowest BCUT2D eigenvalue weighted by molar-refractivity contribution is 0.0996. The van der Waals surface area contributed by atoms with E-state index in [-0.39, 0.29) is 11.7 Å². The van der Waals surface area contributed by atoms with Gasteiger partial charge in [-0.2, -0.15) is 0 Å². The number of aromatic nitrogens is 1. The third-order valence-electron chi connectivity index (χ3n) is 4.22. The van der Waals surface area contributed by atoms with Crippen molar-refractivity contribution in [2.45, 2.75) is 26.3 Å². The summed E-state index contributed by atoms with van der Waals surface area (Å²) >= 11 is 1.76. The maximum atomic E-state index is 12.0. The first-order chi connectivity index (χ1) is 14.2. The number of rotatable bonds is 8. The smallest absolute Gasteiger partial charge is 0.291 e. The number of thiazole rings is 1. The molecule has 0 aliphatic rings. The summed E-state index contributed by atoms with van der Waals surface area (Å²) in [5.41, 5.74) is 1.80. The molecule has 0 aliphatic carbocycles. The molecule has 152 valence electrons. The van der Waals surface area contributed by atoms with Crippen LogP contribution in [0.15, 0.2) is 58.3 Å². The molecule has 3 aromatic rings. The van der Waals surface area contributed by atoms with Crippen LogP contribution >= 0.6 is 11.3 Å². The van der Waals surface area contributed by atoms with E-state index in [4.69, 9.17) is 4.42 Å². The second-order valence-corrected chi connectivity index (χ2v) is 7.50. The number of amides is 1. The molecule has 8 heteroatoms. The van der Waals surface area contributed by atoms with Crippen LogP contribution in [0.1, 0.15) is 32.9 Å². The van der Waals surface area contributed by atoms with Crippen molar-refractivity contribution in [2.75, 3.05) is 18.9 Å². The highest BCUT2D eigenvalue weighted by Gasteiger charge is 2.08. The van der Waals surface area contributed by atoms with Crippen molar-refractivity contribution in [1.29, 1.82) is 0 Å². The topological polar surface area (TPSA) is 91.5 Å². The van der Waals surface area contributed by atoms with Crippen LogP contribution in [0.25, 0.3) is 0 Å². The molecule has 0 aliphatic heterocycles. The van der Waals surface area contributed by atoms with Gasteiger partial charge in [-0.15, -0.1) is 11.3 Å². The van der Waals surface area contributed by atoms with Gasteiger partial charge >= 0.3 is 0 Å². The molecule has 0 spiro atoms. The first-order valence-electron chi connectivity index (χ1n) is 9.50. The Morgan fingerprint density at radius 1 is 1.21 bits per heavy atom. The summed E-state index contributed by atoms with van der Waals surface area (Å²) < 4.78 is 5.09. The monoisotopic (exact) mass is 411 g/mol. The van der Waals surface area contributed by atoms with Crippen molar-refractivity contribution in [1.82, 2.24) is 15.6 Å². The van der Waals surface area contributed by atoms with E-state index in [1.807, 2.05) is 30.5 Å². The maximum Gasteiger partial charge on any atom is 0.291 e. The van der Waals surface area contributed by atoms with Crippen LogP contribution in [0.4, 0.5) is 5.69 Å². The van der Waals surface area contributed by atoms with Crippen LogP contribution in [0.2, 0.25) is 0 Å². The van der Waals surface area contributed by atoms with E-state index in [0.29, 0.717) is 12.2 Å². The Kier molecular flexibility index (Phi) is 7.40. The molecular formula is C21H25N5O2S. The summed E-state index contributed by atoms with van der Waals surface area (Å²) in [4.78, 5) is 22.0. The van der Waals surface area contributed by atoms with Crippen molar-refractivity contribution >= 4 is 28.9 Å². The predicted octanol–water partition coefficient (Wildman–Crippen LogP) is 3.46.